The van der Waals surface area contributed by atoms with Gasteiger partial charge in [-0.2, -0.15) is 0 Å². The van der Waals surface area contributed by atoms with E-state index in [0.29, 0.717) is 13.1 Å². The Hall–Kier alpha value is -2.08. The van der Waals surface area contributed by atoms with Crippen LogP contribution in [0.3, 0.4) is 0 Å². The second kappa shape index (κ2) is 3.74. The number of aromatic amines is 1. The second-order valence-corrected chi connectivity index (χ2v) is 3.93. The van der Waals surface area contributed by atoms with Crippen molar-refractivity contribution in [1.29, 1.82) is 0 Å². The van der Waals surface area contributed by atoms with E-state index in [2.05, 4.69) is 9.97 Å². The van der Waals surface area contributed by atoms with Crippen LogP contribution in [0.25, 0.3) is 11.0 Å². The Morgan fingerprint density at radius 3 is 3.24 bits per heavy atom. The molecule has 88 valence electrons. The van der Waals surface area contributed by atoms with Gasteiger partial charge in [0.25, 0.3) is 0 Å². The van der Waals surface area contributed by atoms with Gasteiger partial charge in [0, 0.05) is 6.54 Å². The topological polar surface area (TPSA) is 84.2 Å². The van der Waals surface area contributed by atoms with Gasteiger partial charge in [0.2, 0.25) is 0 Å². The lowest BCUT2D eigenvalue weighted by atomic mass is 10.2. The van der Waals surface area contributed by atoms with Gasteiger partial charge in [0.05, 0.1) is 24.1 Å². The predicted octanol–water partition coefficient (Wildman–Crippen LogP) is 0.847. The van der Waals surface area contributed by atoms with E-state index in [1.807, 2.05) is 18.2 Å². The van der Waals surface area contributed by atoms with Gasteiger partial charge >= 0.3 is 6.09 Å². The van der Waals surface area contributed by atoms with Gasteiger partial charge in [0.15, 0.2) is 0 Å². The van der Waals surface area contributed by atoms with Gasteiger partial charge in [-0.05, 0) is 12.1 Å². The largest absolute Gasteiger partial charge is 0.443 e. The van der Waals surface area contributed by atoms with Crippen LogP contribution in [0.2, 0.25) is 0 Å². The number of rotatable bonds is 2. The van der Waals surface area contributed by atoms with Crippen molar-refractivity contribution in [2.75, 3.05) is 18.0 Å². The molecule has 1 aliphatic heterocycles. The number of para-hydroxylation sites is 1. The number of carbonyl (C=O) groups is 1. The molecule has 0 spiro atoms. The van der Waals surface area contributed by atoms with Crippen LogP contribution >= 0.6 is 0 Å². The van der Waals surface area contributed by atoms with Crippen molar-refractivity contribution >= 4 is 22.8 Å². The van der Waals surface area contributed by atoms with Crippen LogP contribution < -0.4 is 10.6 Å². The number of carbonyl (C=O) groups excluding carboxylic acids is 1. The van der Waals surface area contributed by atoms with E-state index in [1.54, 1.807) is 11.2 Å². The summed E-state index contributed by atoms with van der Waals surface area (Å²) >= 11 is 0. The molecular weight excluding hydrogens is 220 g/mol. The molecule has 1 aliphatic rings. The highest BCUT2D eigenvalue weighted by molar-refractivity contribution is 5.99. The summed E-state index contributed by atoms with van der Waals surface area (Å²) < 4.78 is 5.13. The van der Waals surface area contributed by atoms with Gasteiger partial charge in [0.1, 0.15) is 11.6 Å². The number of hydrogen-bond acceptors (Lipinski definition) is 4. The van der Waals surface area contributed by atoms with E-state index in [9.17, 15) is 4.79 Å². The molecule has 6 nitrogen and oxygen atoms in total. The number of benzene rings is 1. The van der Waals surface area contributed by atoms with E-state index in [1.165, 1.54) is 0 Å². The van der Waals surface area contributed by atoms with Gasteiger partial charge in [-0.1, -0.05) is 6.07 Å². The van der Waals surface area contributed by atoms with Crippen molar-refractivity contribution < 1.29 is 9.53 Å². The number of nitrogens with one attached hydrogen (secondary N) is 1. The maximum Gasteiger partial charge on any atom is 0.414 e. The Morgan fingerprint density at radius 1 is 1.59 bits per heavy atom. The molecule has 0 radical (unpaired) electrons. The fourth-order valence-electron chi connectivity index (χ4n) is 2.01. The van der Waals surface area contributed by atoms with Crippen molar-refractivity contribution in [2.24, 2.45) is 5.73 Å². The average Bonchev–Trinajstić information content (AvgIpc) is 2.94. The van der Waals surface area contributed by atoms with Crippen LogP contribution in [0.1, 0.15) is 0 Å². The average molecular weight is 232 g/mol. The van der Waals surface area contributed by atoms with Crippen LogP contribution in [0.5, 0.6) is 0 Å². The molecule has 3 N–H and O–H groups in total. The molecule has 17 heavy (non-hydrogen) atoms. The molecule has 0 saturated carbocycles. The normalized spacial score (nSPS) is 19.9. The third kappa shape index (κ3) is 1.53. The third-order valence-corrected chi connectivity index (χ3v) is 2.86. The third-order valence-electron chi connectivity index (χ3n) is 2.86. The van der Waals surface area contributed by atoms with Crippen molar-refractivity contribution in [2.45, 2.75) is 6.10 Å². The van der Waals surface area contributed by atoms with Gasteiger partial charge in [-0.15, -0.1) is 0 Å². The Bertz CT molecular complexity index is 565. The summed E-state index contributed by atoms with van der Waals surface area (Å²) in [6, 6.07) is 5.63. The number of fused-ring (bicyclic) bond motifs is 1. The minimum absolute atomic E-state index is 0.239. The van der Waals surface area contributed by atoms with E-state index < -0.39 is 0 Å². The van der Waals surface area contributed by atoms with Crippen molar-refractivity contribution in [3.05, 3.63) is 24.5 Å². The molecule has 1 saturated heterocycles. The molecule has 6 heteroatoms. The van der Waals surface area contributed by atoms with Crippen LogP contribution in [0, 0.1) is 0 Å². The maximum atomic E-state index is 11.7. The van der Waals surface area contributed by atoms with E-state index in [4.69, 9.17) is 10.5 Å². The van der Waals surface area contributed by atoms with Crippen LogP contribution in [-0.4, -0.2) is 35.3 Å². The standard InChI is InChI=1S/C11H12N4O2/c12-4-7-5-15(11(16)17-7)9-3-1-2-8-10(9)14-6-13-8/h1-3,6-7H,4-5,12H2,(H,13,14). The summed E-state index contributed by atoms with van der Waals surface area (Å²) in [6.07, 6.45) is 1.00. The molecule has 1 aromatic heterocycles. The molecule has 1 amide bonds. The highest BCUT2D eigenvalue weighted by Crippen LogP contribution is 2.27. The highest BCUT2D eigenvalue weighted by atomic mass is 16.6. The molecule has 2 aromatic rings. The summed E-state index contributed by atoms with van der Waals surface area (Å²) in [4.78, 5) is 20.5. The lowest BCUT2D eigenvalue weighted by Gasteiger charge is -2.13. The summed E-state index contributed by atoms with van der Waals surface area (Å²) in [7, 11) is 0. The Balaban J connectivity index is 2.04. The molecule has 3 rings (SSSR count). The fourth-order valence-corrected chi connectivity index (χ4v) is 2.01. The molecule has 1 fully saturated rings. The Kier molecular flexibility index (Phi) is 2.22. The monoisotopic (exact) mass is 232 g/mol. The van der Waals surface area contributed by atoms with Crippen molar-refractivity contribution in [3.63, 3.8) is 0 Å². The zero-order chi connectivity index (χ0) is 11.8. The molecule has 0 aliphatic carbocycles. The Morgan fingerprint density at radius 2 is 2.47 bits per heavy atom. The summed E-state index contributed by atoms with van der Waals surface area (Å²) in [5.41, 5.74) is 7.92. The summed E-state index contributed by atoms with van der Waals surface area (Å²) in [5.74, 6) is 0. The van der Waals surface area contributed by atoms with E-state index in [-0.39, 0.29) is 12.2 Å². The smallest absolute Gasteiger partial charge is 0.414 e. The fraction of sp³-hybridized carbons (Fsp3) is 0.273. The zero-order valence-corrected chi connectivity index (χ0v) is 9.09. The number of nitrogens with zero attached hydrogens (tertiary/aromatic N) is 2. The lowest BCUT2D eigenvalue weighted by molar-refractivity contribution is 0.145. The molecule has 1 unspecified atom stereocenters. The number of H-pyrrole nitrogens is 1. The Labute approximate surface area is 97.4 Å². The maximum absolute atomic E-state index is 11.7. The van der Waals surface area contributed by atoms with Gasteiger partial charge in [-0.25, -0.2) is 9.78 Å². The van der Waals surface area contributed by atoms with Crippen molar-refractivity contribution in [3.8, 4) is 0 Å². The first-order valence-corrected chi connectivity index (χ1v) is 5.40. The zero-order valence-electron chi connectivity index (χ0n) is 9.09. The number of cyclic esters (lactones) is 1. The van der Waals surface area contributed by atoms with Crippen LogP contribution in [0.4, 0.5) is 10.5 Å². The van der Waals surface area contributed by atoms with E-state index >= 15 is 0 Å². The number of nitrogens with two attached hydrogens (primary N) is 1. The molecule has 1 atom stereocenters. The lowest BCUT2D eigenvalue weighted by Crippen LogP contribution is -2.27. The second-order valence-electron chi connectivity index (χ2n) is 3.93. The number of hydrogen-bond donors (Lipinski definition) is 2. The first kappa shape index (κ1) is 10.1. The molecule has 2 heterocycles. The molecular formula is C11H12N4O2. The highest BCUT2D eigenvalue weighted by Gasteiger charge is 2.32. The molecule has 1 aromatic carbocycles. The quantitative estimate of drug-likeness (QED) is 0.803. The van der Waals surface area contributed by atoms with Gasteiger partial charge < -0.3 is 15.5 Å². The number of ether oxygens (including phenoxy) is 1. The van der Waals surface area contributed by atoms with Crippen molar-refractivity contribution in [1.82, 2.24) is 9.97 Å². The minimum Gasteiger partial charge on any atom is -0.443 e. The number of amides is 1. The summed E-state index contributed by atoms with van der Waals surface area (Å²) in [6.45, 7) is 0.806. The van der Waals surface area contributed by atoms with E-state index in [0.717, 1.165) is 16.7 Å². The van der Waals surface area contributed by atoms with Crippen LogP contribution in [-0.2, 0) is 4.74 Å². The number of aromatic nitrogens is 2. The number of anilines is 1. The predicted molar refractivity (Wildman–Crippen MR) is 62.8 cm³/mol. The SMILES string of the molecule is NCC1CN(c2cccc3[nH]cnc23)C(=O)O1. The number of imidazole rings is 1. The van der Waals surface area contributed by atoms with Gasteiger partial charge in [-0.3, -0.25) is 4.90 Å². The van der Waals surface area contributed by atoms with Crippen LogP contribution in [0.15, 0.2) is 24.5 Å². The minimum atomic E-state index is -0.365. The first-order chi connectivity index (χ1) is 8.29. The first-order valence-electron chi connectivity index (χ1n) is 5.40. The molecule has 0 bridgehead atoms. The summed E-state index contributed by atoms with van der Waals surface area (Å²) in [5, 5.41) is 0.